The number of carbonyl (C=O) groups excluding carboxylic acids is 1. The summed E-state index contributed by atoms with van der Waals surface area (Å²) in [4.78, 5) is 21.6. The molecule has 1 amide bonds. The van der Waals surface area contributed by atoms with Gasteiger partial charge in [-0.05, 0) is 61.0 Å². The molecule has 0 saturated carbocycles. The highest BCUT2D eigenvalue weighted by Gasteiger charge is 2.16. The molecular formula is C25H21N3O4. The summed E-state index contributed by atoms with van der Waals surface area (Å²) < 4.78 is 16.5. The Balaban J connectivity index is 1.19. The average molecular weight is 427 g/mol. The molecule has 3 aromatic carbocycles. The summed E-state index contributed by atoms with van der Waals surface area (Å²) in [5, 5.41) is 2.89. The number of nitrogens with one attached hydrogen (secondary N) is 1. The van der Waals surface area contributed by atoms with Crippen LogP contribution in [-0.4, -0.2) is 28.8 Å². The molecule has 1 aromatic heterocycles. The smallest absolute Gasteiger partial charge is 0.261 e. The van der Waals surface area contributed by atoms with E-state index < -0.39 is 6.10 Å². The van der Waals surface area contributed by atoms with E-state index in [9.17, 15) is 4.79 Å². The normalized spacial score (nSPS) is 13.0. The van der Waals surface area contributed by atoms with E-state index in [4.69, 9.17) is 14.2 Å². The van der Waals surface area contributed by atoms with Gasteiger partial charge in [0, 0.05) is 12.1 Å². The first kappa shape index (κ1) is 19.8. The highest BCUT2D eigenvalue weighted by atomic mass is 16.7. The van der Waals surface area contributed by atoms with E-state index in [1.165, 1.54) is 0 Å². The van der Waals surface area contributed by atoms with Gasteiger partial charge in [-0.2, -0.15) is 0 Å². The van der Waals surface area contributed by atoms with Crippen LogP contribution in [0, 0.1) is 0 Å². The SMILES string of the molecule is CC(Oc1ccc(-c2cnc3ccccc3n2)cc1)C(=O)NCc1ccc2c(c1)OCO2. The lowest BCUT2D eigenvalue weighted by molar-refractivity contribution is -0.127. The third kappa shape index (κ3) is 4.18. The number of aromatic nitrogens is 2. The predicted molar refractivity (Wildman–Crippen MR) is 119 cm³/mol. The Morgan fingerprint density at radius 2 is 1.81 bits per heavy atom. The van der Waals surface area contributed by atoms with Gasteiger partial charge in [0.1, 0.15) is 5.75 Å². The third-order valence-electron chi connectivity index (χ3n) is 5.18. The first-order valence-corrected chi connectivity index (χ1v) is 10.3. The van der Waals surface area contributed by atoms with Crippen LogP contribution in [-0.2, 0) is 11.3 Å². The van der Waals surface area contributed by atoms with Crippen molar-refractivity contribution in [1.82, 2.24) is 15.3 Å². The molecule has 32 heavy (non-hydrogen) atoms. The van der Waals surface area contributed by atoms with Gasteiger partial charge in [-0.1, -0.05) is 18.2 Å². The van der Waals surface area contributed by atoms with Crippen LogP contribution in [0.2, 0.25) is 0 Å². The molecule has 1 unspecified atom stereocenters. The van der Waals surface area contributed by atoms with Crippen molar-refractivity contribution in [1.29, 1.82) is 0 Å². The van der Waals surface area contributed by atoms with Gasteiger partial charge in [0.05, 0.1) is 22.9 Å². The van der Waals surface area contributed by atoms with E-state index in [1.54, 1.807) is 13.1 Å². The average Bonchev–Trinajstić information content (AvgIpc) is 3.30. The molecule has 0 aliphatic carbocycles. The summed E-state index contributed by atoms with van der Waals surface area (Å²) in [6.45, 7) is 2.32. The van der Waals surface area contributed by atoms with Crippen molar-refractivity contribution in [3.63, 3.8) is 0 Å². The van der Waals surface area contributed by atoms with E-state index in [0.717, 1.165) is 33.6 Å². The molecule has 1 aliphatic rings. The summed E-state index contributed by atoms with van der Waals surface area (Å²) in [5.41, 5.74) is 4.34. The van der Waals surface area contributed by atoms with Gasteiger partial charge in [0.25, 0.3) is 5.91 Å². The maximum atomic E-state index is 12.5. The maximum absolute atomic E-state index is 12.5. The van der Waals surface area contributed by atoms with Crippen LogP contribution in [0.25, 0.3) is 22.3 Å². The second-order valence-corrected chi connectivity index (χ2v) is 7.43. The third-order valence-corrected chi connectivity index (χ3v) is 5.18. The first-order valence-electron chi connectivity index (χ1n) is 10.3. The van der Waals surface area contributed by atoms with Crippen LogP contribution in [0.3, 0.4) is 0 Å². The number of ether oxygens (including phenoxy) is 3. The Morgan fingerprint density at radius 1 is 1.03 bits per heavy atom. The second kappa shape index (κ2) is 8.55. The topological polar surface area (TPSA) is 82.6 Å². The summed E-state index contributed by atoms with van der Waals surface area (Å²) >= 11 is 0. The largest absolute Gasteiger partial charge is 0.481 e. The van der Waals surface area contributed by atoms with Gasteiger partial charge in [-0.25, -0.2) is 4.98 Å². The Bertz CT molecular complexity index is 1270. The van der Waals surface area contributed by atoms with E-state index >= 15 is 0 Å². The van der Waals surface area contributed by atoms with Crippen LogP contribution in [0.5, 0.6) is 17.2 Å². The molecule has 0 spiro atoms. The van der Waals surface area contributed by atoms with Crippen LogP contribution in [0.1, 0.15) is 12.5 Å². The first-order chi connectivity index (χ1) is 15.7. The van der Waals surface area contributed by atoms with Crippen LogP contribution < -0.4 is 19.5 Å². The number of hydrogen-bond donors (Lipinski definition) is 1. The second-order valence-electron chi connectivity index (χ2n) is 7.43. The number of hydrogen-bond acceptors (Lipinski definition) is 6. The maximum Gasteiger partial charge on any atom is 0.261 e. The standard InChI is InChI=1S/C25H21N3O4/c1-16(25(29)27-13-17-6-11-23-24(12-17)31-15-30-23)32-19-9-7-18(8-10-19)22-14-26-20-4-2-3-5-21(20)28-22/h2-12,14,16H,13,15H2,1H3,(H,27,29). The number of para-hydroxylation sites is 2. The molecule has 7 nitrogen and oxygen atoms in total. The lowest BCUT2D eigenvalue weighted by Gasteiger charge is -2.15. The van der Waals surface area contributed by atoms with E-state index in [1.807, 2.05) is 66.7 Å². The molecule has 1 atom stereocenters. The molecule has 0 fully saturated rings. The predicted octanol–water partition coefficient (Wildman–Crippen LogP) is 4.11. The molecule has 160 valence electrons. The summed E-state index contributed by atoms with van der Waals surface area (Å²) in [6, 6.07) is 20.8. The minimum absolute atomic E-state index is 0.202. The zero-order chi connectivity index (χ0) is 21.9. The van der Waals surface area contributed by atoms with Crippen molar-refractivity contribution >= 4 is 16.9 Å². The summed E-state index contributed by atoms with van der Waals surface area (Å²) in [6.07, 6.45) is 1.11. The van der Waals surface area contributed by atoms with E-state index in [2.05, 4.69) is 15.3 Å². The number of nitrogens with zero attached hydrogens (tertiary/aromatic N) is 2. The molecule has 0 bridgehead atoms. The quantitative estimate of drug-likeness (QED) is 0.499. The van der Waals surface area contributed by atoms with E-state index in [-0.39, 0.29) is 12.7 Å². The molecule has 0 saturated heterocycles. The van der Waals surface area contributed by atoms with Gasteiger partial charge in [-0.3, -0.25) is 9.78 Å². The van der Waals surface area contributed by atoms with Gasteiger partial charge >= 0.3 is 0 Å². The fourth-order valence-electron chi connectivity index (χ4n) is 3.44. The molecule has 2 heterocycles. The molecule has 7 heteroatoms. The molecule has 4 aromatic rings. The Morgan fingerprint density at radius 3 is 2.66 bits per heavy atom. The highest BCUT2D eigenvalue weighted by Crippen LogP contribution is 2.32. The van der Waals surface area contributed by atoms with Gasteiger partial charge < -0.3 is 19.5 Å². The van der Waals surface area contributed by atoms with Crippen LogP contribution >= 0.6 is 0 Å². The van der Waals surface area contributed by atoms with Crippen LogP contribution in [0.15, 0.2) is 72.9 Å². The fourth-order valence-corrected chi connectivity index (χ4v) is 3.44. The van der Waals surface area contributed by atoms with Gasteiger partial charge in [0.2, 0.25) is 6.79 Å². The zero-order valence-corrected chi connectivity index (χ0v) is 17.4. The number of rotatable bonds is 6. The van der Waals surface area contributed by atoms with Crippen molar-refractivity contribution in [2.24, 2.45) is 0 Å². The van der Waals surface area contributed by atoms with Gasteiger partial charge in [0.15, 0.2) is 17.6 Å². The van der Waals surface area contributed by atoms with Gasteiger partial charge in [-0.15, -0.1) is 0 Å². The minimum atomic E-state index is -0.643. The van der Waals surface area contributed by atoms with E-state index in [0.29, 0.717) is 18.0 Å². The molecule has 5 rings (SSSR count). The van der Waals surface area contributed by atoms with Crippen molar-refractivity contribution in [3.05, 3.63) is 78.5 Å². The van der Waals surface area contributed by atoms with Crippen molar-refractivity contribution in [2.75, 3.05) is 6.79 Å². The van der Waals surface area contributed by atoms with Crippen molar-refractivity contribution in [3.8, 4) is 28.5 Å². The Hall–Kier alpha value is -4.13. The number of carbonyl (C=O) groups is 1. The highest BCUT2D eigenvalue weighted by molar-refractivity contribution is 5.81. The monoisotopic (exact) mass is 427 g/mol. The fraction of sp³-hybridized carbons (Fsp3) is 0.160. The minimum Gasteiger partial charge on any atom is -0.481 e. The number of fused-ring (bicyclic) bond motifs is 2. The molecule has 0 radical (unpaired) electrons. The number of benzene rings is 3. The summed E-state index contributed by atoms with van der Waals surface area (Å²) in [5.74, 6) is 1.81. The van der Waals surface area contributed by atoms with Crippen LogP contribution in [0.4, 0.5) is 0 Å². The number of amides is 1. The lowest BCUT2D eigenvalue weighted by atomic mass is 10.1. The molecular weight excluding hydrogens is 406 g/mol. The van der Waals surface area contributed by atoms with Crippen molar-refractivity contribution < 1.29 is 19.0 Å². The molecule has 1 N–H and O–H groups in total. The van der Waals surface area contributed by atoms with Crippen molar-refractivity contribution in [2.45, 2.75) is 19.6 Å². The summed E-state index contributed by atoms with van der Waals surface area (Å²) in [7, 11) is 0. The lowest BCUT2D eigenvalue weighted by Crippen LogP contribution is -2.35. The zero-order valence-electron chi connectivity index (χ0n) is 17.4. The Kier molecular flexibility index (Phi) is 5.29. The Labute approximate surface area is 185 Å². The molecule has 1 aliphatic heterocycles.